The highest BCUT2D eigenvalue weighted by Gasteiger charge is 2.26. The molecular formula is C22H23FN4O2S. The maximum absolute atomic E-state index is 13.8. The molecule has 0 saturated carbocycles. The van der Waals surface area contributed by atoms with E-state index in [-0.39, 0.29) is 18.3 Å². The van der Waals surface area contributed by atoms with Gasteiger partial charge in [-0.1, -0.05) is 60.3 Å². The second-order valence-corrected chi connectivity index (χ2v) is 7.73. The molecule has 1 amide bonds. The number of thioether (sulfide) groups is 1. The van der Waals surface area contributed by atoms with Gasteiger partial charge in [0.15, 0.2) is 22.5 Å². The molecule has 2 aromatic carbocycles. The lowest BCUT2D eigenvalue weighted by molar-refractivity contribution is -0.128. The van der Waals surface area contributed by atoms with Gasteiger partial charge in [-0.2, -0.15) is 0 Å². The topological polar surface area (TPSA) is 60.2 Å². The maximum Gasteiger partial charge on any atom is 0.240 e. The number of ether oxygens (including phenoxy) is 1. The molecule has 3 aromatic rings. The normalized spacial score (nSPS) is 11.7. The Balaban J connectivity index is 1.86. The number of amides is 1. The molecule has 0 bridgehead atoms. The number of benzene rings is 2. The average Bonchev–Trinajstić information content (AvgIpc) is 3.13. The number of likely N-dealkylation sites (N-methyl/N-ethyl adjacent to an activating group) is 1. The molecule has 6 nitrogen and oxygen atoms in total. The SMILES string of the molecule is C=CCn1c(COc2ccccc2F)nnc1SC(C(=O)N(C)C)c1ccccc1. The first-order valence-corrected chi connectivity index (χ1v) is 10.2. The van der Waals surface area contributed by atoms with E-state index in [9.17, 15) is 9.18 Å². The van der Waals surface area contributed by atoms with Crippen molar-refractivity contribution in [2.75, 3.05) is 14.1 Å². The molecule has 0 radical (unpaired) electrons. The van der Waals surface area contributed by atoms with Crippen molar-refractivity contribution in [2.24, 2.45) is 0 Å². The van der Waals surface area contributed by atoms with E-state index in [1.54, 1.807) is 43.3 Å². The largest absolute Gasteiger partial charge is 0.483 e. The number of hydrogen-bond donors (Lipinski definition) is 0. The number of rotatable bonds is 9. The van der Waals surface area contributed by atoms with Crippen LogP contribution in [0.4, 0.5) is 4.39 Å². The van der Waals surface area contributed by atoms with Crippen LogP contribution in [0, 0.1) is 5.82 Å². The van der Waals surface area contributed by atoms with Crippen LogP contribution in [0.3, 0.4) is 0 Å². The van der Waals surface area contributed by atoms with Crippen LogP contribution in [0.2, 0.25) is 0 Å². The molecule has 8 heteroatoms. The summed E-state index contributed by atoms with van der Waals surface area (Å²) in [6.07, 6.45) is 1.71. The van der Waals surface area contributed by atoms with E-state index in [0.29, 0.717) is 17.5 Å². The predicted molar refractivity (Wildman–Crippen MR) is 115 cm³/mol. The van der Waals surface area contributed by atoms with Crippen molar-refractivity contribution in [1.82, 2.24) is 19.7 Å². The van der Waals surface area contributed by atoms with Crippen molar-refractivity contribution in [1.29, 1.82) is 0 Å². The standard InChI is InChI=1S/C22H23FN4O2S/c1-4-14-27-19(15-29-18-13-9-8-12-17(18)23)24-25-22(27)30-20(21(28)26(2)3)16-10-6-5-7-11-16/h4-13,20H,1,14-15H2,2-3H3. The summed E-state index contributed by atoms with van der Waals surface area (Å²) in [6.45, 7) is 4.26. The first kappa shape index (κ1) is 21.6. The van der Waals surface area contributed by atoms with Crippen LogP contribution in [0.15, 0.2) is 72.4 Å². The number of allylic oxidation sites excluding steroid dienone is 1. The Morgan fingerprint density at radius 2 is 1.90 bits per heavy atom. The zero-order valence-electron chi connectivity index (χ0n) is 16.9. The minimum absolute atomic E-state index is 0.0416. The van der Waals surface area contributed by atoms with E-state index < -0.39 is 11.1 Å². The Hall–Kier alpha value is -3.13. The molecule has 0 fully saturated rings. The Morgan fingerprint density at radius 3 is 2.57 bits per heavy atom. The van der Waals surface area contributed by atoms with Crippen LogP contribution in [-0.2, 0) is 17.9 Å². The highest BCUT2D eigenvalue weighted by atomic mass is 32.2. The number of carbonyl (C=O) groups excluding carboxylic acids is 1. The molecular weight excluding hydrogens is 403 g/mol. The van der Waals surface area contributed by atoms with E-state index in [1.807, 2.05) is 34.9 Å². The molecule has 0 saturated heterocycles. The van der Waals surface area contributed by atoms with E-state index >= 15 is 0 Å². The van der Waals surface area contributed by atoms with Crippen molar-refractivity contribution in [3.05, 3.63) is 84.5 Å². The molecule has 0 aliphatic carbocycles. The minimum Gasteiger partial charge on any atom is -0.483 e. The third kappa shape index (κ3) is 5.07. The fourth-order valence-electron chi connectivity index (χ4n) is 2.76. The molecule has 1 aromatic heterocycles. The third-order valence-corrected chi connectivity index (χ3v) is 5.51. The fraction of sp³-hybridized carbons (Fsp3) is 0.227. The fourth-order valence-corrected chi connectivity index (χ4v) is 3.97. The Morgan fingerprint density at radius 1 is 1.20 bits per heavy atom. The number of hydrogen-bond acceptors (Lipinski definition) is 5. The number of para-hydroxylation sites is 1. The molecule has 30 heavy (non-hydrogen) atoms. The zero-order valence-corrected chi connectivity index (χ0v) is 17.7. The van der Waals surface area contributed by atoms with Crippen LogP contribution in [0.1, 0.15) is 16.6 Å². The van der Waals surface area contributed by atoms with Crippen LogP contribution < -0.4 is 4.74 Å². The Labute approximate surface area is 179 Å². The van der Waals surface area contributed by atoms with Crippen LogP contribution in [0.25, 0.3) is 0 Å². The van der Waals surface area contributed by atoms with Crippen LogP contribution in [0.5, 0.6) is 5.75 Å². The van der Waals surface area contributed by atoms with Gasteiger partial charge < -0.3 is 9.64 Å². The van der Waals surface area contributed by atoms with Gasteiger partial charge in [0.25, 0.3) is 0 Å². The van der Waals surface area contributed by atoms with Crippen molar-refractivity contribution in [2.45, 2.75) is 23.6 Å². The van der Waals surface area contributed by atoms with E-state index in [2.05, 4.69) is 16.8 Å². The van der Waals surface area contributed by atoms with Gasteiger partial charge in [0.05, 0.1) is 0 Å². The highest BCUT2D eigenvalue weighted by molar-refractivity contribution is 8.00. The summed E-state index contributed by atoms with van der Waals surface area (Å²) >= 11 is 1.31. The first-order chi connectivity index (χ1) is 14.5. The summed E-state index contributed by atoms with van der Waals surface area (Å²) in [4.78, 5) is 14.4. The minimum atomic E-state index is -0.477. The molecule has 0 aliphatic rings. The predicted octanol–water partition coefficient (Wildman–Crippen LogP) is 4.10. The lowest BCUT2D eigenvalue weighted by Crippen LogP contribution is -2.27. The van der Waals surface area contributed by atoms with Gasteiger partial charge >= 0.3 is 0 Å². The van der Waals surface area contributed by atoms with Crippen LogP contribution in [-0.4, -0.2) is 39.7 Å². The number of carbonyl (C=O) groups is 1. The summed E-state index contributed by atoms with van der Waals surface area (Å²) < 4.78 is 21.2. The van der Waals surface area contributed by atoms with Crippen LogP contribution >= 0.6 is 11.8 Å². The van der Waals surface area contributed by atoms with Crippen molar-refractivity contribution in [3.63, 3.8) is 0 Å². The monoisotopic (exact) mass is 426 g/mol. The first-order valence-electron chi connectivity index (χ1n) is 9.34. The summed E-state index contributed by atoms with van der Waals surface area (Å²) in [6, 6.07) is 15.7. The van der Waals surface area contributed by atoms with Gasteiger partial charge in [0.2, 0.25) is 5.91 Å². The molecule has 3 rings (SSSR count). The number of nitrogens with zero attached hydrogens (tertiary/aromatic N) is 4. The summed E-state index contributed by atoms with van der Waals surface area (Å²) in [5.74, 6) is 0.167. The van der Waals surface area contributed by atoms with Gasteiger partial charge in [-0.3, -0.25) is 9.36 Å². The highest BCUT2D eigenvalue weighted by Crippen LogP contribution is 2.36. The molecule has 1 heterocycles. The summed E-state index contributed by atoms with van der Waals surface area (Å²) in [5, 5.41) is 8.55. The number of halogens is 1. The van der Waals surface area contributed by atoms with Gasteiger partial charge in [0.1, 0.15) is 11.9 Å². The van der Waals surface area contributed by atoms with Gasteiger partial charge in [-0.15, -0.1) is 16.8 Å². The third-order valence-electron chi connectivity index (χ3n) is 4.29. The van der Waals surface area contributed by atoms with Crippen molar-refractivity contribution >= 4 is 17.7 Å². The lowest BCUT2D eigenvalue weighted by atomic mass is 10.1. The van der Waals surface area contributed by atoms with Crippen molar-refractivity contribution in [3.8, 4) is 5.75 Å². The molecule has 0 aliphatic heterocycles. The lowest BCUT2D eigenvalue weighted by Gasteiger charge is -2.20. The quantitative estimate of drug-likeness (QED) is 0.381. The second-order valence-electron chi connectivity index (χ2n) is 6.66. The molecule has 1 unspecified atom stereocenters. The number of aromatic nitrogens is 3. The van der Waals surface area contributed by atoms with Gasteiger partial charge in [0, 0.05) is 20.6 Å². The molecule has 1 atom stereocenters. The second kappa shape index (κ2) is 10.1. The van der Waals surface area contributed by atoms with Gasteiger partial charge in [-0.05, 0) is 17.7 Å². The maximum atomic E-state index is 13.8. The smallest absolute Gasteiger partial charge is 0.240 e. The Bertz CT molecular complexity index is 1010. The average molecular weight is 427 g/mol. The zero-order chi connectivity index (χ0) is 21.5. The summed E-state index contributed by atoms with van der Waals surface area (Å²) in [5.41, 5.74) is 0.874. The van der Waals surface area contributed by atoms with E-state index in [1.165, 1.54) is 17.8 Å². The Kier molecular flexibility index (Phi) is 7.24. The molecule has 0 spiro atoms. The molecule has 156 valence electrons. The molecule has 0 N–H and O–H groups in total. The van der Waals surface area contributed by atoms with E-state index in [4.69, 9.17) is 4.74 Å². The van der Waals surface area contributed by atoms with Gasteiger partial charge in [-0.25, -0.2) is 4.39 Å². The van der Waals surface area contributed by atoms with Crippen molar-refractivity contribution < 1.29 is 13.9 Å². The summed E-state index contributed by atoms with van der Waals surface area (Å²) in [7, 11) is 3.45. The van der Waals surface area contributed by atoms with E-state index in [0.717, 1.165) is 5.56 Å².